The minimum absolute atomic E-state index is 0.00726. The van der Waals surface area contributed by atoms with E-state index in [0.717, 1.165) is 189 Å². The number of hydrogen-bond acceptors (Lipinski definition) is 33. The van der Waals surface area contributed by atoms with Gasteiger partial charge in [-0.2, -0.15) is 0 Å². The molecule has 0 bridgehead atoms. The maximum atomic E-state index is 15.5. The molecule has 6 rings (SSSR count). The third-order valence-corrected chi connectivity index (χ3v) is 27.8. The van der Waals surface area contributed by atoms with Crippen LogP contribution in [-0.4, -0.2) is 237 Å². The van der Waals surface area contributed by atoms with Gasteiger partial charge in [-0.15, -0.1) is 0 Å². The summed E-state index contributed by atoms with van der Waals surface area (Å²) < 4.78 is 138. The van der Waals surface area contributed by atoms with Gasteiger partial charge in [0.25, 0.3) is 0 Å². The molecular weight excluding hydrogens is 1850 g/mol. The number of ether oxygens (including phenoxy) is 21. The van der Waals surface area contributed by atoms with Gasteiger partial charge in [-0.05, 0) is 66.2 Å². The summed E-state index contributed by atoms with van der Waals surface area (Å²) in [6.45, 7) is 22.0. The zero-order valence-electron chi connectivity index (χ0n) is 90.0. The summed E-state index contributed by atoms with van der Waals surface area (Å²) in [7, 11) is 0. The molecule has 6 saturated heterocycles. The van der Waals surface area contributed by atoms with Crippen LogP contribution >= 0.6 is 0 Å². The van der Waals surface area contributed by atoms with Crippen LogP contribution in [0.25, 0.3) is 0 Å². The van der Waals surface area contributed by atoms with E-state index in [-0.39, 0.29) is 25.7 Å². The number of aliphatic hydroxyl groups excluding tert-OH is 1. The molecule has 6 aliphatic rings. The molecule has 0 aromatic rings. The van der Waals surface area contributed by atoms with Crippen molar-refractivity contribution >= 4 is 65.7 Å². The Bertz CT molecular complexity index is 3550. The monoisotopic (exact) mass is 2040 g/mol. The van der Waals surface area contributed by atoms with Crippen LogP contribution in [0.2, 0.25) is 0 Å². The van der Waals surface area contributed by atoms with Gasteiger partial charge >= 0.3 is 65.7 Å². The standard InChI is InChI=1S/C110H188O33/c1-16-20-24-27-30-33-36-39-40-43-44-47-52-57-63-69-87(118)123-73-86-91(122)96(129-79(10)112)101(133-83(14)116)110(136-86)142-100-95(141-107-102(134-84(15)117)98(131-81(12)114)93(75(6)125-107)137-88(119)70-64-58-53-48-45-41-37-34-31-28-25-21-17-2)77(8)126-108(104(100)139-90(121)72-65-59-54-49-46-42-38-35-32-29-26-22-18-3)140-94-76(7)127-109-103(99(94)132-82(13)115)138-89(120)71-66-60-55-50-51-56-62-68-85(67-61-23-19-4)135-106-105(143-109)97(130-80(11)113)92(74(5)124-106)128-78(9)111/h74-77,85-86,91-110,122H,16-73H2,1-15H3/t74-,75+,76+,77-,85+,86-,91-,92+,93+,94+,95+,96+,97+,98-,99-,100-,101-,102-,103-,104-,105-,106+,107+,108+,109+,110+/m1/s1. The second-order valence-electron chi connectivity index (χ2n) is 40.8. The average Bonchev–Trinajstić information content (AvgIpc) is 0.753. The highest BCUT2D eigenvalue weighted by Crippen LogP contribution is 2.43. The molecule has 0 amide bonds. The van der Waals surface area contributed by atoms with Crippen LogP contribution in [0, 0.1) is 0 Å². The molecule has 0 aromatic carbocycles. The summed E-state index contributed by atoms with van der Waals surface area (Å²) in [6, 6.07) is 0. The zero-order valence-corrected chi connectivity index (χ0v) is 90.0. The summed E-state index contributed by atoms with van der Waals surface area (Å²) in [4.78, 5) is 154. The molecule has 33 heteroatoms. The van der Waals surface area contributed by atoms with Crippen molar-refractivity contribution in [2.24, 2.45) is 0 Å². The van der Waals surface area contributed by atoms with Gasteiger partial charge < -0.3 is 105 Å². The maximum Gasteiger partial charge on any atom is 0.306 e. The molecule has 0 radical (unpaired) electrons. The van der Waals surface area contributed by atoms with Crippen LogP contribution < -0.4 is 0 Å². The van der Waals surface area contributed by atoms with Crippen LogP contribution in [0.5, 0.6) is 0 Å². The number of esters is 11. The number of unbranched alkanes of at least 4 members (excludes halogenated alkanes) is 40. The predicted octanol–water partition coefficient (Wildman–Crippen LogP) is 21.1. The summed E-state index contributed by atoms with van der Waals surface area (Å²) in [5.41, 5.74) is 0. The molecule has 0 aromatic heterocycles. The quantitative estimate of drug-likeness (QED) is 0.0336. The van der Waals surface area contributed by atoms with Gasteiger partial charge in [-0.25, -0.2) is 0 Å². The van der Waals surface area contributed by atoms with Crippen molar-refractivity contribution in [2.75, 3.05) is 6.61 Å². The van der Waals surface area contributed by atoms with E-state index in [9.17, 15) is 53.1 Å². The molecule has 143 heavy (non-hydrogen) atoms. The summed E-state index contributed by atoms with van der Waals surface area (Å²) in [5.74, 6) is -9.26. The lowest BCUT2D eigenvalue weighted by atomic mass is 9.94. The third-order valence-electron chi connectivity index (χ3n) is 27.8. The second-order valence-corrected chi connectivity index (χ2v) is 40.8. The third kappa shape index (κ3) is 48.9. The summed E-state index contributed by atoms with van der Waals surface area (Å²) >= 11 is 0. The van der Waals surface area contributed by atoms with Gasteiger partial charge in [0.05, 0.1) is 30.5 Å². The molecule has 0 saturated carbocycles. The highest BCUT2D eigenvalue weighted by molar-refractivity contribution is 5.72. The van der Waals surface area contributed by atoms with Crippen molar-refractivity contribution in [3.8, 4) is 0 Å². The highest BCUT2D eigenvalue weighted by Gasteiger charge is 2.62. The van der Waals surface area contributed by atoms with Crippen molar-refractivity contribution in [3.63, 3.8) is 0 Å². The molecule has 0 unspecified atom stereocenters. The number of rotatable bonds is 65. The van der Waals surface area contributed by atoms with E-state index >= 15 is 4.79 Å². The van der Waals surface area contributed by atoms with Crippen LogP contribution in [0.4, 0.5) is 0 Å². The Morgan fingerprint density at radius 1 is 0.280 bits per heavy atom. The molecule has 1 N–H and O–H groups in total. The molecule has 826 valence electrons. The lowest BCUT2D eigenvalue weighted by Gasteiger charge is -2.52. The summed E-state index contributed by atoms with van der Waals surface area (Å²) in [5, 5.41) is 12.5. The van der Waals surface area contributed by atoms with E-state index in [1.807, 2.05) is 0 Å². The van der Waals surface area contributed by atoms with E-state index in [1.54, 1.807) is 6.92 Å². The first-order valence-electron chi connectivity index (χ1n) is 56.1. The Kier molecular flexibility index (Phi) is 64.0. The first-order chi connectivity index (χ1) is 68.9. The fourth-order valence-corrected chi connectivity index (χ4v) is 20.2. The number of fused-ring (bicyclic) bond motifs is 2. The Hall–Kier alpha value is -6.27. The second kappa shape index (κ2) is 73.0. The number of hydrogen-bond donors (Lipinski definition) is 1. The number of carbonyl (C=O) groups is 11. The maximum absolute atomic E-state index is 15.5. The predicted molar refractivity (Wildman–Crippen MR) is 532 cm³/mol. The van der Waals surface area contributed by atoms with Gasteiger partial charge in [-0.3, -0.25) is 52.7 Å². The van der Waals surface area contributed by atoms with E-state index in [2.05, 4.69) is 27.7 Å². The van der Waals surface area contributed by atoms with Crippen LogP contribution in [-0.2, 0) is 152 Å². The van der Waals surface area contributed by atoms with Crippen molar-refractivity contribution < 1.29 is 157 Å². The molecule has 6 fully saturated rings. The molecule has 0 spiro atoms. The first-order valence-corrected chi connectivity index (χ1v) is 56.1. The minimum atomic E-state index is -2.09. The Labute approximate surface area is 854 Å². The van der Waals surface area contributed by atoms with Gasteiger partial charge in [0.1, 0.15) is 37.1 Å². The molecule has 26 atom stereocenters. The summed E-state index contributed by atoms with van der Waals surface area (Å²) in [6.07, 6.45) is 9.46. The Morgan fingerprint density at radius 2 is 0.573 bits per heavy atom. The zero-order chi connectivity index (χ0) is 104. The average molecular weight is 2040 g/mol. The van der Waals surface area contributed by atoms with Crippen molar-refractivity contribution in [1.82, 2.24) is 0 Å². The van der Waals surface area contributed by atoms with Crippen molar-refractivity contribution in [1.29, 1.82) is 0 Å². The van der Waals surface area contributed by atoms with E-state index < -0.39 is 232 Å². The van der Waals surface area contributed by atoms with Crippen molar-refractivity contribution in [2.45, 2.75) is 629 Å². The fourth-order valence-electron chi connectivity index (χ4n) is 20.2. The highest BCUT2D eigenvalue weighted by atomic mass is 16.8. The molecular formula is C110H188O33. The van der Waals surface area contributed by atoms with Crippen LogP contribution in [0.1, 0.15) is 470 Å². The van der Waals surface area contributed by atoms with Crippen LogP contribution in [0.15, 0.2) is 0 Å². The normalized spacial score (nSPS) is 29.4. The lowest BCUT2D eigenvalue weighted by Crippen LogP contribution is -2.69. The Balaban J connectivity index is 1.50. The Morgan fingerprint density at radius 3 is 1.01 bits per heavy atom. The van der Waals surface area contributed by atoms with E-state index in [1.165, 1.54) is 169 Å². The fraction of sp³-hybridized carbons (Fsp3) is 0.900. The number of aliphatic hydroxyl groups is 1. The molecule has 6 heterocycles. The van der Waals surface area contributed by atoms with Gasteiger partial charge in [0.15, 0.2) is 98.6 Å². The first kappa shape index (κ1) is 125. The van der Waals surface area contributed by atoms with Crippen LogP contribution in [0.3, 0.4) is 0 Å². The van der Waals surface area contributed by atoms with Gasteiger partial charge in [0, 0.05) is 74.1 Å². The molecule has 33 nitrogen and oxygen atoms in total. The molecule has 6 aliphatic heterocycles. The SMILES string of the molecule is CCCCCCCCCCCCCCCCCC(=O)OC[C@H]1O[C@@H](O[C@@H]2[C@@H](O[C@@H]3O[C@@H](C)[C@H](OC(=O)CCCCCCCCCCCCCCC)[C@@H](OC(C)=O)[C@H]3OC(C)=O)[C@@H](C)O[C@@H](O[C@@H]3[C@@H](OC(C)=O)[C@H]4OC(=O)CCCCCCCCC[C@H](CCCCC)O[C@@H]5O[C@H](C)[C@H](OC(C)=O)[C@H](OC(C)=O)[C@H]5O[C@@H]4O[C@H]3C)[C@@H]2OC(=O)CCCCCCCCCCCCCCC)[C@H](OC(C)=O)[C@@H](OC(C)=O)[C@@H]1O. The topological polar surface area (TPSA) is 402 Å². The lowest BCUT2D eigenvalue weighted by molar-refractivity contribution is -0.400. The van der Waals surface area contributed by atoms with Gasteiger partial charge in [-0.1, -0.05) is 329 Å². The van der Waals surface area contributed by atoms with Crippen molar-refractivity contribution in [3.05, 3.63) is 0 Å². The minimum Gasteiger partial charge on any atom is -0.463 e. The smallest absolute Gasteiger partial charge is 0.306 e. The number of carbonyl (C=O) groups excluding carboxylic acids is 11. The molecule has 0 aliphatic carbocycles. The van der Waals surface area contributed by atoms with E-state index in [0.29, 0.717) is 51.4 Å². The van der Waals surface area contributed by atoms with Gasteiger partial charge in [0.2, 0.25) is 0 Å². The van der Waals surface area contributed by atoms with E-state index in [4.69, 9.17) is 99.5 Å². The largest absolute Gasteiger partial charge is 0.463 e.